The van der Waals surface area contributed by atoms with E-state index in [0.717, 1.165) is 25.2 Å². The van der Waals surface area contributed by atoms with Crippen molar-refractivity contribution in [3.05, 3.63) is 28.8 Å². The van der Waals surface area contributed by atoms with Gasteiger partial charge in [-0.25, -0.2) is 0 Å². The molecule has 0 atom stereocenters. The van der Waals surface area contributed by atoms with E-state index in [1.54, 1.807) is 0 Å². The molecule has 0 bridgehead atoms. The average molecular weight is 274 g/mol. The van der Waals surface area contributed by atoms with Crippen molar-refractivity contribution in [1.29, 1.82) is 5.41 Å². The van der Waals surface area contributed by atoms with E-state index >= 15 is 0 Å². The van der Waals surface area contributed by atoms with E-state index in [9.17, 15) is 5.11 Å². The Kier molecular flexibility index (Phi) is 4.48. The lowest BCUT2D eigenvalue weighted by Gasteiger charge is -2.28. The quantitative estimate of drug-likeness (QED) is 0.826. The highest BCUT2D eigenvalue weighted by Crippen LogP contribution is 2.31. The fourth-order valence-electron chi connectivity index (χ4n) is 2.74. The number of hydrogen-bond donors (Lipinski definition) is 2. The van der Waals surface area contributed by atoms with E-state index in [1.807, 2.05) is 6.07 Å². The molecule has 0 unspecified atom stereocenters. The number of rotatable bonds is 3. The van der Waals surface area contributed by atoms with Gasteiger partial charge in [-0.05, 0) is 43.0 Å². The van der Waals surface area contributed by atoms with Crippen LogP contribution in [0.1, 0.15) is 56.7 Å². The molecule has 0 saturated carbocycles. The van der Waals surface area contributed by atoms with E-state index in [1.165, 1.54) is 31.0 Å². The van der Waals surface area contributed by atoms with Gasteiger partial charge in [0.05, 0.1) is 0 Å². The minimum Gasteiger partial charge on any atom is -0.507 e. The Hall–Kier alpha value is -1.35. The third-order valence-corrected chi connectivity index (χ3v) is 4.08. The van der Waals surface area contributed by atoms with Crippen LogP contribution in [0.5, 0.6) is 5.75 Å². The number of piperidine rings is 1. The third kappa shape index (κ3) is 3.40. The van der Waals surface area contributed by atoms with Crippen LogP contribution in [0.25, 0.3) is 0 Å². The summed E-state index contributed by atoms with van der Waals surface area (Å²) in [7, 11) is 0. The summed E-state index contributed by atoms with van der Waals surface area (Å²) in [5.74, 6) is 0.276. The number of phenolic OH excluding ortho intramolecular Hbond substituents is 1. The number of nitrogens with zero attached hydrogens (tertiary/aromatic N) is 1. The summed E-state index contributed by atoms with van der Waals surface area (Å²) in [6, 6.07) is 4.04. The van der Waals surface area contributed by atoms with Gasteiger partial charge in [0.15, 0.2) is 0 Å². The summed E-state index contributed by atoms with van der Waals surface area (Å²) in [6.07, 6.45) is 5.06. The number of aromatic hydroxyl groups is 1. The van der Waals surface area contributed by atoms with E-state index in [0.29, 0.717) is 5.56 Å². The minimum absolute atomic E-state index is 0.0299. The second-order valence-corrected chi connectivity index (χ2v) is 6.80. The molecule has 3 heteroatoms. The summed E-state index contributed by atoms with van der Waals surface area (Å²) in [6.45, 7) is 9.50. The highest BCUT2D eigenvalue weighted by atomic mass is 16.3. The highest BCUT2D eigenvalue weighted by Gasteiger charge is 2.20. The van der Waals surface area contributed by atoms with Crippen molar-refractivity contribution >= 4 is 6.21 Å². The summed E-state index contributed by atoms with van der Waals surface area (Å²) in [5.41, 5.74) is 2.80. The molecule has 1 aromatic carbocycles. The van der Waals surface area contributed by atoms with Gasteiger partial charge >= 0.3 is 0 Å². The van der Waals surface area contributed by atoms with Crippen molar-refractivity contribution < 1.29 is 5.11 Å². The van der Waals surface area contributed by atoms with Gasteiger partial charge in [-0.15, -0.1) is 0 Å². The van der Waals surface area contributed by atoms with Crippen molar-refractivity contribution in [2.24, 2.45) is 0 Å². The normalized spacial score (nSPS) is 17.1. The van der Waals surface area contributed by atoms with E-state index in [-0.39, 0.29) is 11.2 Å². The Morgan fingerprint density at radius 3 is 2.40 bits per heavy atom. The standard InChI is InChI=1S/C17H26N2O/c1-17(2,3)15-9-13(11-18)16(20)14(10-15)12-19-7-5-4-6-8-19/h9-11,18,20H,4-8,12H2,1-3H3. The van der Waals surface area contributed by atoms with Crippen molar-refractivity contribution in [2.75, 3.05) is 13.1 Å². The molecule has 1 heterocycles. The van der Waals surface area contributed by atoms with Gasteiger partial charge in [0.25, 0.3) is 0 Å². The molecule has 1 saturated heterocycles. The Labute approximate surface area is 122 Å². The summed E-state index contributed by atoms with van der Waals surface area (Å²) >= 11 is 0. The molecule has 0 amide bonds. The fourth-order valence-corrected chi connectivity index (χ4v) is 2.74. The minimum atomic E-state index is 0.0299. The van der Waals surface area contributed by atoms with Crippen LogP contribution >= 0.6 is 0 Å². The molecule has 0 radical (unpaired) electrons. The maximum Gasteiger partial charge on any atom is 0.128 e. The number of hydrogen-bond acceptors (Lipinski definition) is 3. The van der Waals surface area contributed by atoms with Gasteiger partial charge in [0.2, 0.25) is 0 Å². The van der Waals surface area contributed by atoms with Crippen LogP contribution in [-0.2, 0) is 12.0 Å². The molecule has 2 N–H and O–H groups in total. The summed E-state index contributed by atoms with van der Waals surface area (Å²) in [4.78, 5) is 2.40. The van der Waals surface area contributed by atoms with Crippen molar-refractivity contribution in [3.63, 3.8) is 0 Å². The zero-order valence-electron chi connectivity index (χ0n) is 12.9. The lowest BCUT2D eigenvalue weighted by atomic mass is 9.84. The molecule has 0 spiro atoms. The van der Waals surface area contributed by atoms with E-state index in [4.69, 9.17) is 5.41 Å². The van der Waals surface area contributed by atoms with Crippen LogP contribution in [0.2, 0.25) is 0 Å². The highest BCUT2D eigenvalue weighted by molar-refractivity contribution is 5.82. The molecule has 1 aromatic rings. The van der Waals surface area contributed by atoms with Crippen LogP contribution in [0.4, 0.5) is 0 Å². The summed E-state index contributed by atoms with van der Waals surface area (Å²) < 4.78 is 0. The molecular weight excluding hydrogens is 248 g/mol. The van der Waals surface area contributed by atoms with Crippen LogP contribution in [0.3, 0.4) is 0 Å². The first-order valence-corrected chi connectivity index (χ1v) is 7.51. The second-order valence-electron chi connectivity index (χ2n) is 6.80. The SMILES string of the molecule is CC(C)(C)c1cc(C=N)c(O)c(CN2CCCCC2)c1. The maximum absolute atomic E-state index is 10.3. The molecular formula is C17H26N2O. The van der Waals surface area contributed by atoms with E-state index in [2.05, 4.69) is 31.7 Å². The number of benzene rings is 1. The first-order chi connectivity index (χ1) is 9.41. The fraction of sp³-hybridized carbons (Fsp3) is 0.588. The lowest BCUT2D eigenvalue weighted by molar-refractivity contribution is 0.218. The van der Waals surface area contributed by atoms with Crippen LogP contribution < -0.4 is 0 Å². The molecule has 110 valence electrons. The molecule has 2 rings (SSSR count). The Morgan fingerprint density at radius 1 is 1.20 bits per heavy atom. The number of nitrogens with one attached hydrogen (secondary N) is 1. The largest absolute Gasteiger partial charge is 0.507 e. The van der Waals surface area contributed by atoms with Crippen molar-refractivity contribution in [2.45, 2.75) is 52.0 Å². The van der Waals surface area contributed by atoms with Gasteiger partial charge in [0, 0.05) is 23.9 Å². The molecule has 1 fully saturated rings. The van der Waals surface area contributed by atoms with Gasteiger partial charge in [0.1, 0.15) is 5.75 Å². The van der Waals surface area contributed by atoms with Gasteiger partial charge in [-0.2, -0.15) is 0 Å². The molecule has 0 aromatic heterocycles. The van der Waals surface area contributed by atoms with Gasteiger partial charge < -0.3 is 10.5 Å². The average Bonchev–Trinajstić information content (AvgIpc) is 2.41. The lowest BCUT2D eigenvalue weighted by Crippen LogP contribution is -2.29. The monoisotopic (exact) mass is 274 g/mol. The predicted molar refractivity (Wildman–Crippen MR) is 83.8 cm³/mol. The first kappa shape index (κ1) is 15.0. The Morgan fingerprint density at radius 2 is 1.85 bits per heavy atom. The number of phenols is 1. The zero-order chi connectivity index (χ0) is 14.8. The van der Waals surface area contributed by atoms with Crippen LogP contribution in [-0.4, -0.2) is 29.3 Å². The van der Waals surface area contributed by atoms with Crippen molar-refractivity contribution in [1.82, 2.24) is 4.90 Å². The van der Waals surface area contributed by atoms with Crippen LogP contribution in [0.15, 0.2) is 12.1 Å². The third-order valence-electron chi connectivity index (χ3n) is 4.08. The summed E-state index contributed by atoms with van der Waals surface area (Å²) in [5, 5.41) is 17.8. The Balaban J connectivity index is 2.32. The molecule has 3 nitrogen and oxygen atoms in total. The molecule has 0 aliphatic carbocycles. The topological polar surface area (TPSA) is 47.3 Å². The Bertz CT molecular complexity index is 482. The van der Waals surface area contributed by atoms with E-state index < -0.39 is 0 Å². The molecule has 1 aliphatic heterocycles. The van der Waals surface area contributed by atoms with Crippen molar-refractivity contribution in [3.8, 4) is 5.75 Å². The van der Waals surface area contributed by atoms with Crippen LogP contribution in [0, 0.1) is 5.41 Å². The van der Waals surface area contributed by atoms with Gasteiger partial charge in [-0.3, -0.25) is 4.90 Å². The molecule has 1 aliphatic rings. The predicted octanol–water partition coefficient (Wildman–Crippen LogP) is 3.67. The van der Waals surface area contributed by atoms with Gasteiger partial charge in [-0.1, -0.05) is 33.3 Å². The number of likely N-dealkylation sites (tertiary alicyclic amines) is 1. The molecule has 20 heavy (non-hydrogen) atoms. The smallest absolute Gasteiger partial charge is 0.128 e. The zero-order valence-corrected chi connectivity index (χ0v) is 12.9. The first-order valence-electron chi connectivity index (χ1n) is 7.51. The maximum atomic E-state index is 10.3. The second kappa shape index (κ2) is 5.96.